The maximum atomic E-state index is 12.8. The monoisotopic (exact) mass is 363 g/mol. The first-order valence-electron chi connectivity index (χ1n) is 8.94. The Morgan fingerprint density at radius 3 is 2.23 bits per heavy atom. The van der Waals surface area contributed by atoms with Crippen LogP contribution in [0.1, 0.15) is 56.9 Å². The van der Waals surface area contributed by atoms with Crippen LogP contribution in [0.3, 0.4) is 0 Å². The standard InChI is InChI=1S/C17H25N5O4/c1-4-7-9-21-14-12(15(23)22(17(21)25)10-8-5-2)19-11(13(18)20-14)16(24)26-6-3/h4-10H2,1-3H3,(H2,18,20). The van der Waals surface area contributed by atoms with Gasteiger partial charge in [-0.1, -0.05) is 26.7 Å². The minimum atomic E-state index is -0.745. The molecule has 0 radical (unpaired) electrons. The predicted molar refractivity (Wildman–Crippen MR) is 98.2 cm³/mol. The lowest BCUT2D eigenvalue weighted by molar-refractivity contribution is 0.0521. The molecule has 0 bridgehead atoms. The number of hydrogen-bond donors (Lipinski definition) is 1. The van der Waals surface area contributed by atoms with Gasteiger partial charge in [-0.2, -0.15) is 0 Å². The van der Waals surface area contributed by atoms with Crippen molar-refractivity contribution in [2.24, 2.45) is 0 Å². The zero-order valence-corrected chi connectivity index (χ0v) is 15.4. The van der Waals surface area contributed by atoms with Gasteiger partial charge in [-0.15, -0.1) is 0 Å². The van der Waals surface area contributed by atoms with Crippen molar-refractivity contribution < 1.29 is 9.53 Å². The third kappa shape index (κ3) is 3.76. The van der Waals surface area contributed by atoms with E-state index >= 15 is 0 Å². The Balaban J connectivity index is 2.78. The summed E-state index contributed by atoms with van der Waals surface area (Å²) in [5.41, 5.74) is 4.69. The van der Waals surface area contributed by atoms with Crippen molar-refractivity contribution in [1.82, 2.24) is 19.1 Å². The molecule has 0 atom stereocenters. The highest BCUT2D eigenvalue weighted by molar-refractivity contribution is 5.94. The van der Waals surface area contributed by atoms with Gasteiger partial charge in [0.1, 0.15) is 0 Å². The largest absolute Gasteiger partial charge is 0.461 e. The van der Waals surface area contributed by atoms with Crippen molar-refractivity contribution in [3.8, 4) is 0 Å². The van der Waals surface area contributed by atoms with E-state index in [2.05, 4.69) is 9.97 Å². The van der Waals surface area contributed by atoms with Gasteiger partial charge in [-0.3, -0.25) is 13.9 Å². The topological polar surface area (TPSA) is 122 Å². The van der Waals surface area contributed by atoms with E-state index in [0.29, 0.717) is 13.0 Å². The molecule has 0 saturated heterocycles. The molecule has 2 rings (SSSR count). The van der Waals surface area contributed by atoms with Crippen LogP contribution in [0.5, 0.6) is 0 Å². The molecule has 142 valence electrons. The normalized spacial score (nSPS) is 11.0. The lowest BCUT2D eigenvalue weighted by atomic mass is 10.3. The summed E-state index contributed by atoms with van der Waals surface area (Å²) in [6, 6.07) is 0. The average Bonchev–Trinajstić information content (AvgIpc) is 2.61. The number of nitrogen functional groups attached to an aromatic ring is 1. The Labute approximate surface area is 150 Å². The van der Waals surface area contributed by atoms with E-state index in [4.69, 9.17) is 10.5 Å². The molecular formula is C17H25N5O4. The Kier molecular flexibility index (Phi) is 6.48. The predicted octanol–water partition coefficient (Wildman–Crippen LogP) is 1.31. The van der Waals surface area contributed by atoms with Gasteiger partial charge in [-0.25, -0.2) is 19.6 Å². The summed E-state index contributed by atoms with van der Waals surface area (Å²) in [6.45, 7) is 6.46. The van der Waals surface area contributed by atoms with Crippen molar-refractivity contribution in [3.63, 3.8) is 0 Å². The van der Waals surface area contributed by atoms with E-state index < -0.39 is 17.2 Å². The highest BCUT2D eigenvalue weighted by atomic mass is 16.5. The SMILES string of the molecule is CCCCn1c(=O)c2nc(C(=O)OCC)c(N)nc2n(CCCC)c1=O. The summed E-state index contributed by atoms with van der Waals surface area (Å²) < 4.78 is 7.48. The molecule has 2 heterocycles. The van der Waals surface area contributed by atoms with Gasteiger partial charge >= 0.3 is 11.7 Å². The summed E-state index contributed by atoms with van der Waals surface area (Å²) in [6.07, 6.45) is 3.12. The first-order chi connectivity index (χ1) is 12.5. The number of anilines is 1. The van der Waals surface area contributed by atoms with Crippen molar-refractivity contribution in [2.75, 3.05) is 12.3 Å². The third-order valence-corrected chi connectivity index (χ3v) is 4.01. The number of ether oxygens (including phenoxy) is 1. The van der Waals surface area contributed by atoms with Crippen molar-refractivity contribution in [2.45, 2.75) is 59.5 Å². The number of carbonyl (C=O) groups is 1. The second-order valence-electron chi connectivity index (χ2n) is 5.95. The number of unbranched alkanes of at least 4 members (excludes halogenated alkanes) is 2. The Hall–Kier alpha value is -2.71. The number of nitrogens with zero attached hydrogens (tertiary/aromatic N) is 4. The van der Waals surface area contributed by atoms with Gasteiger partial charge in [0.2, 0.25) is 0 Å². The van der Waals surface area contributed by atoms with E-state index in [1.54, 1.807) is 6.92 Å². The zero-order chi connectivity index (χ0) is 19.3. The number of aryl methyl sites for hydroxylation is 1. The van der Waals surface area contributed by atoms with Crippen LogP contribution in [0.25, 0.3) is 11.2 Å². The summed E-state index contributed by atoms with van der Waals surface area (Å²) in [7, 11) is 0. The Morgan fingerprint density at radius 2 is 1.65 bits per heavy atom. The molecule has 0 fully saturated rings. The summed E-state index contributed by atoms with van der Waals surface area (Å²) in [5.74, 6) is -0.906. The second kappa shape index (κ2) is 8.59. The summed E-state index contributed by atoms with van der Waals surface area (Å²) in [5, 5.41) is 0. The fourth-order valence-electron chi connectivity index (χ4n) is 2.60. The quantitative estimate of drug-likeness (QED) is 0.702. The molecule has 2 N–H and O–H groups in total. The Morgan fingerprint density at radius 1 is 1.04 bits per heavy atom. The van der Waals surface area contributed by atoms with Gasteiger partial charge in [0.05, 0.1) is 6.61 Å². The fraction of sp³-hybridized carbons (Fsp3) is 0.588. The molecular weight excluding hydrogens is 338 g/mol. The number of rotatable bonds is 8. The van der Waals surface area contributed by atoms with E-state index in [0.717, 1.165) is 23.8 Å². The van der Waals surface area contributed by atoms with Crippen LogP contribution in [0.15, 0.2) is 9.59 Å². The second-order valence-corrected chi connectivity index (χ2v) is 5.95. The number of aromatic nitrogens is 4. The lowest BCUT2D eigenvalue weighted by Crippen LogP contribution is -2.41. The number of esters is 1. The van der Waals surface area contributed by atoms with E-state index in [1.165, 1.54) is 4.57 Å². The van der Waals surface area contributed by atoms with Crippen LogP contribution in [0.4, 0.5) is 5.82 Å². The molecule has 0 aromatic carbocycles. The van der Waals surface area contributed by atoms with Gasteiger partial charge in [0.25, 0.3) is 5.56 Å². The molecule has 0 aliphatic heterocycles. The van der Waals surface area contributed by atoms with Crippen LogP contribution in [-0.2, 0) is 17.8 Å². The molecule has 0 spiro atoms. The third-order valence-electron chi connectivity index (χ3n) is 4.01. The molecule has 9 heteroatoms. The summed E-state index contributed by atoms with van der Waals surface area (Å²) >= 11 is 0. The number of fused-ring (bicyclic) bond motifs is 1. The van der Waals surface area contributed by atoms with E-state index in [9.17, 15) is 14.4 Å². The summed E-state index contributed by atoms with van der Waals surface area (Å²) in [4.78, 5) is 45.8. The van der Waals surface area contributed by atoms with Gasteiger partial charge in [0.15, 0.2) is 22.7 Å². The minimum Gasteiger partial charge on any atom is -0.461 e. The van der Waals surface area contributed by atoms with E-state index in [1.807, 2.05) is 13.8 Å². The molecule has 26 heavy (non-hydrogen) atoms. The maximum Gasteiger partial charge on any atom is 0.360 e. The van der Waals surface area contributed by atoms with Crippen LogP contribution < -0.4 is 17.0 Å². The van der Waals surface area contributed by atoms with Crippen molar-refractivity contribution in [3.05, 3.63) is 26.5 Å². The highest BCUT2D eigenvalue weighted by Crippen LogP contribution is 2.13. The molecule has 2 aromatic heterocycles. The zero-order valence-electron chi connectivity index (χ0n) is 15.4. The number of nitrogens with two attached hydrogens (primary N) is 1. The number of carbonyl (C=O) groups excluding carboxylic acids is 1. The van der Waals surface area contributed by atoms with Gasteiger partial charge in [-0.05, 0) is 19.8 Å². The molecule has 2 aromatic rings. The molecule has 9 nitrogen and oxygen atoms in total. The molecule has 0 aliphatic carbocycles. The highest BCUT2D eigenvalue weighted by Gasteiger charge is 2.21. The molecule has 0 unspecified atom stereocenters. The first-order valence-corrected chi connectivity index (χ1v) is 8.94. The van der Waals surface area contributed by atoms with Crippen molar-refractivity contribution in [1.29, 1.82) is 0 Å². The molecule has 0 aliphatic rings. The van der Waals surface area contributed by atoms with Crippen LogP contribution in [0.2, 0.25) is 0 Å². The van der Waals surface area contributed by atoms with Crippen molar-refractivity contribution >= 4 is 23.0 Å². The first kappa shape index (κ1) is 19.6. The smallest absolute Gasteiger partial charge is 0.360 e. The minimum absolute atomic E-state index is 0.0472. The molecule has 0 saturated carbocycles. The average molecular weight is 363 g/mol. The Bertz CT molecular complexity index is 916. The maximum absolute atomic E-state index is 12.8. The van der Waals surface area contributed by atoms with E-state index in [-0.39, 0.29) is 35.8 Å². The fourth-order valence-corrected chi connectivity index (χ4v) is 2.60. The molecule has 0 amide bonds. The van der Waals surface area contributed by atoms with Crippen LogP contribution in [0, 0.1) is 0 Å². The lowest BCUT2D eigenvalue weighted by Gasteiger charge is -2.14. The van der Waals surface area contributed by atoms with Gasteiger partial charge < -0.3 is 10.5 Å². The van der Waals surface area contributed by atoms with Crippen LogP contribution in [-0.4, -0.2) is 31.7 Å². The van der Waals surface area contributed by atoms with Gasteiger partial charge in [0, 0.05) is 13.1 Å². The number of hydrogen-bond acceptors (Lipinski definition) is 7. The van der Waals surface area contributed by atoms with Crippen LogP contribution >= 0.6 is 0 Å².